The second-order valence-corrected chi connectivity index (χ2v) is 7.68. The van der Waals surface area contributed by atoms with E-state index in [4.69, 9.17) is 24.7 Å². The summed E-state index contributed by atoms with van der Waals surface area (Å²) < 4.78 is 22.9. The Balaban J connectivity index is 1.68. The number of anilines is 2. The maximum Gasteiger partial charge on any atom is 0.290 e. The average Bonchev–Trinajstić information content (AvgIpc) is 3.27. The van der Waals surface area contributed by atoms with E-state index in [0.717, 1.165) is 5.56 Å². The maximum atomic E-state index is 13.1. The number of nitrogen functional groups attached to an aromatic ring is 1. The molecule has 4 N–H and O–H groups in total. The summed E-state index contributed by atoms with van der Waals surface area (Å²) >= 11 is 0. The highest BCUT2D eigenvalue weighted by Gasteiger charge is 2.38. The highest BCUT2D eigenvalue weighted by Crippen LogP contribution is 2.43. The van der Waals surface area contributed by atoms with Crippen LogP contribution < -0.4 is 20.5 Å². The molecule has 0 saturated heterocycles. The van der Waals surface area contributed by atoms with E-state index in [2.05, 4.69) is 5.32 Å². The highest BCUT2D eigenvalue weighted by molar-refractivity contribution is 6.04. The third-order valence-electron chi connectivity index (χ3n) is 5.63. The molecule has 32 heavy (non-hydrogen) atoms. The van der Waals surface area contributed by atoms with Crippen molar-refractivity contribution < 1.29 is 28.8 Å². The van der Waals surface area contributed by atoms with Gasteiger partial charge in [-0.3, -0.25) is 4.79 Å². The molecule has 2 aliphatic rings. The number of rotatable bonds is 8. The zero-order valence-electron chi connectivity index (χ0n) is 18.0. The number of aliphatic hydroxyl groups excluding tert-OH is 1. The lowest BCUT2D eigenvalue weighted by Gasteiger charge is -2.37. The molecule has 2 aliphatic heterocycles. The first-order chi connectivity index (χ1) is 15.6. The standard InChI is InChI=1S/C24H28N2O6/c1-2-29-24-16(6-5-11-27)17(15-9-10-20-21(12-15)31-14-30-20)13-22(32-24)23(28)26-19-8-4-3-7-18(19)25/h3-4,7-10,12-13,16-17,24,27H,2,5-6,11,14,25H2,1H3,(H,26,28). The Morgan fingerprint density at radius 3 is 2.81 bits per heavy atom. The summed E-state index contributed by atoms with van der Waals surface area (Å²) in [6, 6.07) is 12.8. The number of hydrogen-bond acceptors (Lipinski definition) is 7. The number of hydrogen-bond donors (Lipinski definition) is 3. The van der Waals surface area contributed by atoms with Gasteiger partial charge in [-0.05, 0) is 55.7 Å². The molecule has 0 spiro atoms. The third kappa shape index (κ3) is 4.66. The zero-order chi connectivity index (χ0) is 22.5. The van der Waals surface area contributed by atoms with Crippen LogP contribution in [-0.4, -0.2) is 37.3 Å². The van der Waals surface area contributed by atoms with E-state index in [0.29, 0.717) is 42.3 Å². The molecular formula is C24H28N2O6. The fourth-order valence-electron chi connectivity index (χ4n) is 4.06. The molecule has 0 radical (unpaired) electrons. The van der Waals surface area contributed by atoms with Gasteiger partial charge >= 0.3 is 0 Å². The Kier molecular flexibility index (Phi) is 6.82. The number of carbonyl (C=O) groups excluding carboxylic acids is 1. The van der Waals surface area contributed by atoms with Crippen LogP contribution >= 0.6 is 0 Å². The van der Waals surface area contributed by atoms with Gasteiger partial charge in [0, 0.05) is 25.0 Å². The minimum atomic E-state index is -0.638. The minimum absolute atomic E-state index is 0.0630. The smallest absolute Gasteiger partial charge is 0.290 e. The van der Waals surface area contributed by atoms with E-state index >= 15 is 0 Å². The fraction of sp³-hybridized carbons (Fsp3) is 0.375. The lowest BCUT2D eigenvalue weighted by atomic mass is 9.80. The number of aliphatic hydroxyl groups is 1. The van der Waals surface area contributed by atoms with Gasteiger partial charge in [0.1, 0.15) is 0 Å². The van der Waals surface area contributed by atoms with E-state index in [1.807, 2.05) is 31.2 Å². The molecule has 170 valence electrons. The molecule has 0 bridgehead atoms. The highest BCUT2D eigenvalue weighted by atomic mass is 16.7. The molecule has 2 heterocycles. The van der Waals surface area contributed by atoms with Crippen LogP contribution in [0.25, 0.3) is 0 Å². The van der Waals surface area contributed by atoms with Gasteiger partial charge in [-0.1, -0.05) is 18.2 Å². The molecule has 2 aromatic carbocycles. The Hall–Kier alpha value is -3.23. The summed E-state index contributed by atoms with van der Waals surface area (Å²) in [4.78, 5) is 13.1. The van der Waals surface area contributed by atoms with Gasteiger partial charge < -0.3 is 35.1 Å². The van der Waals surface area contributed by atoms with Crippen LogP contribution in [0.2, 0.25) is 0 Å². The number of ether oxygens (including phenoxy) is 4. The Morgan fingerprint density at radius 1 is 1.22 bits per heavy atom. The predicted molar refractivity (Wildman–Crippen MR) is 119 cm³/mol. The summed E-state index contributed by atoms with van der Waals surface area (Å²) in [5.41, 5.74) is 7.90. The summed E-state index contributed by atoms with van der Waals surface area (Å²) in [6.45, 7) is 2.55. The molecule has 0 fully saturated rings. The molecule has 8 nitrogen and oxygen atoms in total. The van der Waals surface area contributed by atoms with E-state index in [9.17, 15) is 9.90 Å². The van der Waals surface area contributed by atoms with Gasteiger partial charge in [0.15, 0.2) is 17.3 Å². The molecule has 3 atom stereocenters. The minimum Gasteiger partial charge on any atom is -0.459 e. The second kappa shape index (κ2) is 9.93. The van der Waals surface area contributed by atoms with Gasteiger partial charge in [0.2, 0.25) is 13.1 Å². The molecule has 0 saturated carbocycles. The Labute approximate surface area is 186 Å². The van der Waals surface area contributed by atoms with Gasteiger partial charge in [0.25, 0.3) is 5.91 Å². The monoisotopic (exact) mass is 440 g/mol. The summed E-state index contributed by atoms with van der Waals surface area (Å²) in [7, 11) is 0. The van der Waals surface area contributed by atoms with Crippen molar-refractivity contribution in [1.29, 1.82) is 0 Å². The molecular weight excluding hydrogens is 412 g/mol. The molecule has 8 heteroatoms. The van der Waals surface area contributed by atoms with Crippen LogP contribution in [0.5, 0.6) is 11.5 Å². The topological polar surface area (TPSA) is 112 Å². The van der Waals surface area contributed by atoms with E-state index < -0.39 is 12.2 Å². The number of fused-ring (bicyclic) bond motifs is 1. The van der Waals surface area contributed by atoms with Crippen molar-refractivity contribution in [3.8, 4) is 11.5 Å². The summed E-state index contributed by atoms with van der Waals surface area (Å²) in [6.07, 6.45) is 2.43. The van der Waals surface area contributed by atoms with Gasteiger partial charge in [0.05, 0.1) is 11.4 Å². The van der Waals surface area contributed by atoms with Crippen molar-refractivity contribution in [3.63, 3.8) is 0 Å². The van der Waals surface area contributed by atoms with Gasteiger partial charge in [-0.15, -0.1) is 0 Å². The van der Waals surface area contributed by atoms with Crippen molar-refractivity contribution in [3.05, 3.63) is 59.9 Å². The quantitative estimate of drug-likeness (QED) is 0.540. The zero-order valence-corrected chi connectivity index (χ0v) is 18.0. The second-order valence-electron chi connectivity index (χ2n) is 7.68. The van der Waals surface area contributed by atoms with Crippen LogP contribution in [0.4, 0.5) is 11.4 Å². The van der Waals surface area contributed by atoms with Crippen molar-refractivity contribution in [2.45, 2.75) is 32.0 Å². The lowest BCUT2D eigenvalue weighted by Crippen LogP contribution is -2.37. The molecule has 2 aromatic rings. The number of nitrogens with one attached hydrogen (secondary N) is 1. The van der Waals surface area contributed by atoms with Crippen LogP contribution in [0.15, 0.2) is 54.3 Å². The van der Waals surface area contributed by atoms with Crippen molar-refractivity contribution in [1.82, 2.24) is 0 Å². The molecule has 0 aliphatic carbocycles. The molecule has 1 amide bonds. The van der Waals surface area contributed by atoms with Crippen molar-refractivity contribution in [2.24, 2.45) is 5.92 Å². The van der Waals surface area contributed by atoms with E-state index in [1.165, 1.54) is 0 Å². The fourth-order valence-corrected chi connectivity index (χ4v) is 4.06. The number of para-hydroxylation sites is 2. The van der Waals surface area contributed by atoms with Crippen LogP contribution in [0, 0.1) is 5.92 Å². The normalized spacial score (nSPS) is 21.6. The van der Waals surface area contributed by atoms with Crippen LogP contribution in [0.3, 0.4) is 0 Å². The summed E-state index contributed by atoms with van der Waals surface area (Å²) in [5.74, 6) is 0.833. The number of benzene rings is 2. The predicted octanol–water partition coefficient (Wildman–Crippen LogP) is 3.39. The number of nitrogens with two attached hydrogens (primary N) is 1. The SMILES string of the molecule is CCOC1OC(C(=O)Nc2ccccc2N)=CC(c2ccc3c(c2)OCO3)C1CCCO. The molecule has 3 unspecified atom stereocenters. The summed E-state index contributed by atoms with van der Waals surface area (Å²) in [5, 5.41) is 12.2. The van der Waals surface area contributed by atoms with Gasteiger partial charge in [-0.2, -0.15) is 0 Å². The third-order valence-corrected chi connectivity index (χ3v) is 5.63. The Bertz CT molecular complexity index is 992. The van der Waals surface area contributed by atoms with Gasteiger partial charge in [-0.25, -0.2) is 0 Å². The van der Waals surface area contributed by atoms with E-state index in [-0.39, 0.29) is 31.0 Å². The lowest BCUT2D eigenvalue weighted by molar-refractivity contribution is -0.165. The van der Waals surface area contributed by atoms with Crippen molar-refractivity contribution in [2.75, 3.05) is 31.1 Å². The first kappa shape index (κ1) is 22.0. The first-order valence-electron chi connectivity index (χ1n) is 10.8. The number of allylic oxidation sites excluding steroid dienone is 1. The molecule has 4 rings (SSSR count). The van der Waals surface area contributed by atoms with Crippen molar-refractivity contribution >= 4 is 17.3 Å². The number of amides is 1. The average molecular weight is 440 g/mol. The largest absolute Gasteiger partial charge is 0.459 e. The van der Waals surface area contributed by atoms with Crippen LogP contribution in [0.1, 0.15) is 31.2 Å². The van der Waals surface area contributed by atoms with Crippen LogP contribution in [-0.2, 0) is 14.3 Å². The van der Waals surface area contributed by atoms with E-state index in [1.54, 1.807) is 24.3 Å². The maximum absolute atomic E-state index is 13.1. The molecule has 0 aromatic heterocycles. The first-order valence-corrected chi connectivity index (χ1v) is 10.8. The Morgan fingerprint density at radius 2 is 2.03 bits per heavy atom. The number of carbonyl (C=O) groups is 1.